The molecule has 0 fully saturated rings. The lowest BCUT2D eigenvalue weighted by atomic mass is 10.4. The van der Waals surface area contributed by atoms with Gasteiger partial charge >= 0.3 is 0 Å². The third-order valence-corrected chi connectivity index (χ3v) is 4.51. The number of thiazole rings is 1. The Kier molecular flexibility index (Phi) is 2.61. The molecule has 1 N–H and O–H groups in total. The summed E-state index contributed by atoms with van der Waals surface area (Å²) < 4.78 is 0. The number of aryl methyl sites for hydroxylation is 3. The van der Waals surface area contributed by atoms with E-state index in [-0.39, 0.29) is 0 Å². The summed E-state index contributed by atoms with van der Waals surface area (Å²) in [7, 11) is 0. The van der Waals surface area contributed by atoms with Gasteiger partial charge < -0.3 is 5.32 Å². The summed E-state index contributed by atoms with van der Waals surface area (Å²) in [5.74, 6) is 0. The van der Waals surface area contributed by atoms with Crippen molar-refractivity contribution in [3.05, 3.63) is 20.6 Å². The molecular weight excluding hydrogens is 240 g/mol. The maximum atomic E-state index is 4.63. The molecule has 0 saturated carbocycles. The summed E-state index contributed by atoms with van der Waals surface area (Å²) in [6.07, 6.45) is 3.64. The molecule has 0 spiro atoms. The first-order chi connectivity index (χ1) is 7.81. The van der Waals surface area contributed by atoms with E-state index >= 15 is 0 Å². The lowest BCUT2D eigenvalue weighted by Gasteiger charge is -1.97. The molecule has 2 aromatic rings. The van der Waals surface area contributed by atoms with Crippen molar-refractivity contribution >= 4 is 27.8 Å². The Bertz CT molecular complexity index is 481. The fraction of sp³-hybridized carbons (Fsp3) is 0.500. The molecular formula is C10H12N4S2. The number of hydrogen-bond acceptors (Lipinski definition) is 6. The fourth-order valence-corrected chi connectivity index (χ4v) is 3.52. The van der Waals surface area contributed by atoms with Crippen LogP contribution >= 0.6 is 22.7 Å². The van der Waals surface area contributed by atoms with Crippen LogP contribution in [0.1, 0.15) is 27.0 Å². The van der Waals surface area contributed by atoms with Crippen molar-refractivity contribution in [3.8, 4) is 0 Å². The summed E-state index contributed by atoms with van der Waals surface area (Å²) in [6.45, 7) is 2.73. The normalized spacial score (nSPS) is 14.1. The van der Waals surface area contributed by atoms with Crippen LogP contribution < -0.4 is 5.32 Å². The van der Waals surface area contributed by atoms with Gasteiger partial charge in [0, 0.05) is 4.88 Å². The van der Waals surface area contributed by atoms with Crippen LogP contribution in [0.15, 0.2) is 0 Å². The molecule has 0 aromatic carbocycles. The Morgan fingerprint density at radius 3 is 2.94 bits per heavy atom. The van der Waals surface area contributed by atoms with Gasteiger partial charge in [0.25, 0.3) is 0 Å². The van der Waals surface area contributed by atoms with Gasteiger partial charge in [-0.25, -0.2) is 4.98 Å². The molecule has 16 heavy (non-hydrogen) atoms. The van der Waals surface area contributed by atoms with E-state index in [4.69, 9.17) is 0 Å². The molecule has 0 radical (unpaired) electrons. The molecule has 2 aromatic heterocycles. The fourth-order valence-electron chi connectivity index (χ4n) is 1.84. The summed E-state index contributed by atoms with van der Waals surface area (Å²) in [5.41, 5.74) is 1.32. The molecule has 0 unspecified atom stereocenters. The van der Waals surface area contributed by atoms with Crippen molar-refractivity contribution in [1.29, 1.82) is 0 Å². The van der Waals surface area contributed by atoms with E-state index in [0.717, 1.165) is 28.1 Å². The second-order valence-corrected chi connectivity index (χ2v) is 6.16. The Labute approximate surface area is 102 Å². The third-order valence-electron chi connectivity index (χ3n) is 2.56. The predicted octanol–water partition coefficient (Wildman–Crippen LogP) is 2.40. The topological polar surface area (TPSA) is 50.7 Å². The molecule has 0 amide bonds. The number of nitrogens with one attached hydrogen (secondary N) is 1. The monoisotopic (exact) mass is 252 g/mol. The number of hydrogen-bond donors (Lipinski definition) is 1. The average Bonchev–Trinajstić information content (AvgIpc) is 2.89. The van der Waals surface area contributed by atoms with Gasteiger partial charge in [-0.1, -0.05) is 11.3 Å². The molecule has 84 valence electrons. The van der Waals surface area contributed by atoms with Crippen LogP contribution in [0.5, 0.6) is 0 Å². The molecule has 0 aliphatic heterocycles. The highest BCUT2D eigenvalue weighted by Crippen LogP contribution is 2.28. The second-order valence-electron chi connectivity index (χ2n) is 3.81. The van der Waals surface area contributed by atoms with Gasteiger partial charge in [0.15, 0.2) is 0 Å². The Balaban J connectivity index is 1.66. The molecule has 6 heteroatoms. The SMILES string of the molecule is Cc1nnc(NCc2nc3c(s2)CCC3)s1. The average molecular weight is 252 g/mol. The summed E-state index contributed by atoms with van der Waals surface area (Å²) >= 11 is 3.41. The smallest absolute Gasteiger partial charge is 0.206 e. The molecule has 1 aliphatic rings. The van der Waals surface area contributed by atoms with Gasteiger partial charge in [-0.15, -0.1) is 21.5 Å². The van der Waals surface area contributed by atoms with Gasteiger partial charge in [0.2, 0.25) is 5.13 Å². The Morgan fingerprint density at radius 1 is 1.25 bits per heavy atom. The summed E-state index contributed by atoms with van der Waals surface area (Å²) in [6, 6.07) is 0. The molecule has 2 heterocycles. The standard InChI is InChI=1S/C10H12N4S2/c1-6-13-14-10(15-6)11-5-9-12-7-3-2-4-8(7)16-9/h2-5H2,1H3,(H,11,14). The highest BCUT2D eigenvalue weighted by atomic mass is 32.1. The number of aromatic nitrogens is 3. The van der Waals surface area contributed by atoms with Crippen LogP contribution in [-0.2, 0) is 19.4 Å². The van der Waals surface area contributed by atoms with E-state index in [9.17, 15) is 0 Å². The molecule has 0 bridgehead atoms. The molecule has 1 aliphatic carbocycles. The first-order valence-electron chi connectivity index (χ1n) is 5.33. The summed E-state index contributed by atoms with van der Waals surface area (Å²) in [4.78, 5) is 6.10. The lowest BCUT2D eigenvalue weighted by Crippen LogP contribution is -1.98. The number of nitrogens with zero attached hydrogens (tertiary/aromatic N) is 3. The minimum atomic E-state index is 0.770. The van der Waals surface area contributed by atoms with Gasteiger partial charge in [-0.05, 0) is 26.2 Å². The minimum absolute atomic E-state index is 0.770. The Hall–Kier alpha value is -1.01. The number of rotatable bonds is 3. The summed E-state index contributed by atoms with van der Waals surface area (Å²) in [5, 5.41) is 14.3. The number of fused-ring (bicyclic) bond motifs is 1. The van der Waals surface area contributed by atoms with Crippen LogP contribution in [-0.4, -0.2) is 15.2 Å². The number of anilines is 1. The Morgan fingerprint density at radius 2 is 2.19 bits per heavy atom. The highest BCUT2D eigenvalue weighted by Gasteiger charge is 2.16. The van der Waals surface area contributed by atoms with E-state index in [1.54, 1.807) is 11.3 Å². The van der Waals surface area contributed by atoms with Crippen molar-refractivity contribution in [1.82, 2.24) is 15.2 Å². The second kappa shape index (κ2) is 4.10. The van der Waals surface area contributed by atoms with Gasteiger partial charge in [0.1, 0.15) is 10.0 Å². The van der Waals surface area contributed by atoms with Gasteiger partial charge in [0.05, 0.1) is 12.2 Å². The maximum Gasteiger partial charge on any atom is 0.206 e. The van der Waals surface area contributed by atoms with Crippen molar-refractivity contribution in [3.63, 3.8) is 0 Å². The maximum absolute atomic E-state index is 4.63. The van der Waals surface area contributed by atoms with Crippen molar-refractivity contribution in [2.75, 3.05) is 5.32 Å². The predicted molar refractivity (Wildman–Crippen MR) is 66.1 cm³/mol. The molecule has 0 atom stereocenters. The largest absolute Gasteiger partial charge is 0.354 e. The molecule has 3 rings (SSSR count). The first-order valence-corrected chi connectivity index (χ1v) is 6.96. The molecule has 0 saturated heterocycles. The minimum Gasteiger partial charge on any atom is -0.354 e. The van der Waals surface area contributed by atoms with Crippen LogP contribution in [0.3, 0.4) is 0 Å². The van der Waals surface area contributed by atoms with E-state index in [1.807, 2.05) is 18.3 Å². The third kappa shape index (κ3) is 1.94. The van der Waals surface area contributed by atoms with Crippen molar-refractivity contribution < 1.29 is 0 Å². The lowest BCUT2D eigenvalue weighted by molar-refractivity contribution is 0.891. The zero-order valence-electron chi connectivity index (χ0n) is 8.99. The van der Waals surface area contributed by atoms with Gasteiger partial charge in [-0.3, -0.25) is 0 Å². The van der Waals surface area contributed by atoms with Crippen LogP contribution in [0.4, 0.5) is 5.13 Å². The van der Waals surface area contributed by atoms with Crippen LogP contribution in [0.25, 0.3) is 0 Å². The van der Waals surface area contributed by atoms with E-state index in [0.29, 0.717) is 0 Å². The molecule has 4 nitrogen and oxygen atoms in total. The first kappa shape index (κ1) is 10.2. The highest BCUT2D eigenvalue weighted by molar-refractivity contribution is 7.15. The zero-order valence-corrected chi connectivity index (χ0v) is 10.6. The van der Waals surface area contributed by atoms with Gasteiger partial charge in [-0.2, -0.15) is 0 Å². The van der Waals surface area contributed by atoms with Crippen LogP contribution in [0, 0.1) is 6.92 Å². The van der Waals surface area contributed by atoms with E-state index in [2.05, 4.69) is 20.5 Å². The van der Waals surface area contributed by atoms with Crippen molar-refractivity contribution in [2.24, 2.45) is 0 Å². The van der Waals surface area contributed by atoms with Crippen LogP contribution in [0.2, 0.25) is 0 Å². The zero-order chi connectivity index (χ0) is 11.0. The van der Waals surface area contributed by atoms with E-state index < -0.39 is 0 Å². The van der Waals surface area contributed by atoms with Crippen molar-refractivity contribution in [2.45, 2.75) is 32.7 Å². The quantitative estimate of drug-likeness (QED) is 0.911. The van der Waals surface area contributed by atoms with E-state index in [1.165, 1.54) is 23.4 Å².